The maximum Gasteiger partial charge on any atom is 0.269 e. The molecule has 1 aromatic heterocycles. The largest absolute Gasteiger partial charge is 0.345 e. The standard InChI is InChI=1S/C22H28FN3O2/c1-4-11-24-26-15(3)20(14(2)12-19(26)27)22(28)25-21(16-7-5-8-16)17-9-6-10-18(23)13-17/h6,9-10,12-13,16,21,24H,4-5,7-8,11H2,1-3H3,(H,25,28)/t21-/m0/s1. The van der Waals surface area contributed by atoms with E-state index in [1.807, 2.05) is 13.0 Å². The first-order chi connectivity index (χ1) is 13.4. The fourth-order valence-corrected chi connectivity index (χ4v) is 3.81. The van der Waals surface area contributed by atoms with Crippen LogP contribution in [0.25, 0.3) is 0 Å². The Morgan fingerprint density at radius 1 is 1.29 bits per heavy atom. The maximum absolute atomic E-state index is 13.8. The Morgan fingerprint density at radius 3 is 2.64 bits per heavy atom. The van der Waals surface area contributed by atoms with Crippen molar-refractivity contribution in [2.45, 2.75) is 52.5 Å². The van der Waals surface area contributed by atoms with Crippen LogP contribution in [0.1, 0.15) is 65.8 Å². The number of amides is 1. The van der Waals surface area contributed by atoms with E-state index in [2.05, 4.69) is 10.7 Å². The molecule has 3 rings (SSSR count). The molecule has 0 unspecified atom stereocenters. The molecular formula is C22H28FN3O2. The smallest absolute Gasteiger partial charge is 0.269 e. The lowest BCUT2D eigenvalue weighted by atomic mass is 9.77. The fourth-order valence-electron chi connectivity index (χ4n) is 3.81. The minimum absolute atomic E-state index is 0.180. The molecule has 0 bridgehead atoms. The second kappa shape index (κ2) is 8.59. The molecular weight excluding hydrogens is 357 g/mol. The summed E-state index contributed by atoms with van der Waals surface area (Å²) < 4.78 is 15.2. The molecule has 1 saturated carbocycles. The molecule has 2 aromatic rings. The first-order valence-electron chi connectivity index (χ1n) is 9.95. The van der Waals surface area contributed by atoms with Crippen molar-refractivity contribution in [3.05, 3.63) is 68.9 Å². The Labute approximate surface area is 164 Å². The fraction of sp³-hybridized carbons (Fsp3) is 0.455. The van der Waals surface area contributed by atoms with Crippen molar-refractivity contribution in [2.75, 3.05) is 12.0 Å². The highest BCUT2D eigenvalue weighted by Crippen LogP contribution is 2.38. The molecule has 0 spiro atoms. The maximum atomic E-state index is 13.8. The minimum Gasteiger partial charge on any atom is -0.345 e. The highest BCUT2D eigenvalue weighted by atomic mass is 19.1. The van der Waals surface area contributed by atoms with Crippen molar-refractivity contribution in [2.24, 2.45) is 5.92 Å². The molecule has 0 aliphatic heterocycles. The highest BCUT2D eigenvalue weighted by Gasteiger charge is 2.31. The van der Waals surface area contributed by atoms with Gasteiger partial charge in [0.1, 0.15) is 5.82 Å². The quantitative estimate of drug-likeness (QED) is 0.761. The second-order valence-electron chi connectivity index (χ2n) is 7.57. The molecule has 0 radical (unpaired) electrons. The zero-order valence-corrected chi connectivity index (χ0v) is 16.7. The van der Waals surface area contributed by atoms with Gasteiger partial charge in [-0.3, -0.25) is 9.59 Å². The molecule has 1 aliphatic rings. The molecule has 0 saturated heterocycles. The van der Waals surface area contributed by atoms with E-state index >= 15 is 0 Å². The van der Waals surface area contributed by atoms with Gasteiger partial charge in [-0.25, -0.2) is 9.07 Å². The number of rotatable bonds is 7. The van der Waals surface area contributed by atoms with Gasteiger partial charge in [-0.15, -0.1) is 0 Å². The Balaban J connectivity index is 1.93. The van der Waals surface area contributed by atoms with Gasteiger partial charge in [0.25, 0.3) is 11.5 Å². The third-order valence-electron chi connectivity index (χ3n) is 5.51. The zero-order valence-electron chi connectivity index (χ0n) is 16.7. The van der Waals surface area contributed by atoms with Crippen molar-refractivity contribution in [1.82, 2.24) is 9.99 Å². The lowest BCUT2D eigenvalue weighted by molar-refractivity contribution is 0.0898. The van der Waals surface area contributed by atoms with Crippen LogP contribution in [-0.4, -0.2) is 17.1 Å². The third kappa shape index (κ3) is 4.11. The van der Waals surface area contributed by atoms with Crippen LogP contribution in [0.2, 0.25) is 0 Å². The number of carbonyl (C=O) groups excluding carboxylic acids is 1. The van der Waals surface area contributed by atoms with E-state index in [9.17, 15) is 14.0 Å². The summed E-state index contributed by atoms with van der Waals surface area (Å²) in [7, 11) is 0. The van der Waals surface area contributed by atoms with Gasteiger partial charge in [0.05, 0.1) is 17.3 Å². The highest BCUT2D eigenvalue weighted by molar-refractivity contribution is 5.97. The van der Waals surface area contributed by atoms with E-state index in [1.54, 1.807) is 19.9 Å². The first kappa shape index (κ1) is 20.1. The average molecular weight is 385 g/mol. The molecule has 1 fully saturated rings. The van der Waals surface area contributed by atoms with Crippen molar-refractivity contribution in [3.8, 4) is 0 Å². The van der Waals surface area contributed by atoms with E-state index in [0.29, 0.717) is 29.3 Å². The van der Waals surface area contributed by atoms with Crippen molar-refractivity contribution in [3.63, 3.8) is 0 Å². The van der Waals surface area contributed by atoms with Gasteiger partial charge in [0, 0.05) is 12.6 Å². The Morgan fingerprint density at radius 2 is 2.04 bits per heavy atom. The number of carbonyl (C=O) groups is 1. The monoisotopic (exact) mass is 385 g/mol. The number of aromatic nitrogens is 1. The number of halogens is 1. The van der Waals surface area contributed by atoms with Gasteiger partial charge in [-0.2, -0.15) is 0 Å². The topological polar surface area (TPSA) is 63.1 Å². The van der Waals surface area contributed by atoms with Crippen molar-refractivity contribution >= 4 is 5.91 Å². The van der Waals surface area contributed by atoms with Crippen LogP contribution in [-0.2, 0) is 0 Å². The molecule has 5 nitrogen and oxygen atoms in total. The predicted octanol–water partition coefficient (Wildman–Crippen LogP) is 3.83. The number of hydrogen-bond acceptors (Lipinski definition) is 3. The summed E-state index contributed by atoms with van der Waals surface area (Å²) in [6.45, 7) is 6.19. The van der Waals surface area contributed by atoms with Crippen LogP contribution in [0.5, 0.6) is 0 Å². The Hall–Kier alpha value is -2.63. The molecule has 1 atom stereocenters. The van der Waals surface area contributed by atoms with Crippen molar-refractivity contribution in [1.29, 1.82) is 0 Å². The molecule has 28 heavy (non-hydrogen) atoms. The summed E-state index contributed by atoms with van der Waals surface area (Å²) in [5.41, 5.74) is 5.38. The molecule has 150 valence electrons. The Bertz CT molecular complexity index is 918. The van der Waals surface area contributed by atoms with Crippen molar-refractivity contribution < 1.29 is 9.18 Å². The van der Waals surface area contributed by atoms with Crippen LogP contribution < -0.4 is 16.3 Å². The number of hydrogen-bond donors (Lipinski definition) is 2. The molecule has 1 heterocycles. The SMILES string of the molecule is CCCNn1c(C)c(C(=O)N[C@H](c2cccc(F)c2)C2CCC2)c(C)cc1=O. The first-order valence-corrected chi connectivity index (χ1v) is 9.95. The molecule has 1 amide bonds. The van der Waals surface area contributed by atoms with Crippen LogP contribution in [0.15, 0.2) is 35.1 Å². The van der Waals surface area contributed by atoms with Gasteiger partial charge < -0.3 is 10.7 Å². The van der Waals surface area contributed by atoms with E-state index in [1.165, 1.54) is 22.9 Å². The lowest BCUT2D eigenvalue weighted by Gasteiger charge is -2.35. The summed E-state index contributed by atoms with van der Waals surface area (Å²) in [6.07, 6.45) is 4.01. The average Bonchev–Trinajstić information content (AvgIpc) is 2.59. The van der Waals surface area contributed by atoms with Crippen LogP contribution in [0.3, 0.4) is 0 Å². The lowest BCUT2D eigenvalue weighted by Crippen LogP contribution is -2.39. The summed E-state index contributed by atoms with van der Waals surface area (Å²) in [4.78, 5) is 25.5. The van der Waals surface area contributed by atoms with E-state index in [4.69, 9.17) is 0 Å². The van der Waals surface area contributed by atoms with Gasteiger partial charge in [-0.05, 0) is 62.3 Å². The summed E-state index contributed by atoms with van der Waals surface area (Å²) in [6, 6.07) is 7.67. The normalized spacial score (nSPS) is 15.0. The number of nitrogens with one attached hydrogen (secondary N) is 2. The third-order valence-corrected chi connectivity index (χ3v) is 5.51. The van der Waals surface area contributed by atoms with Gasteiger partial charge in [-0.1, -0.05) is 25.5 Å². The molecule has 1 aromatic carbocycles. The van der Waals surface area contributed by atoms with E-state index in [-0.39, 0.29) is 23.3 Å². The molecule has 1 aliphatic carbocycles. The molecule has 2 N–H and O–H groups in total. The zero-order chi connectivity index (χ0) is 20.3. The minimum atomic E-state index is -0.305. The van der Waals surface area contributed by atoms with E-state index < -0.39 is 0 Å². The summed E-state index contributed by atoms with van der Waals surface area (Å²) in [5.74, 6) is -0.237. The van der Waals surface area contributed by atoms with Gasteiger partial charge in [0.15, 0.2) is 0 Å². The summed E-state index contributed by atoms with van der Waals surface area (Å²) >= 11 is 0. The van der Waals surface area contributed by atoms with E-state index in [0.717, 1.165) is 31.2 Å². The molecule has 6 heteroatoms. The predicted molar refractivity (Wildman–Crippen MR) is 109 cm³/mol. The van der Waals surface area contributed by atoms with Crippen LogP contribution in [0, 0.1) is 25.6 Å². The van der Waals surface area contributed by atoms with Crippen LogP contribution in [0.4, 0.5) is 4.39 Å². The number of benzene rings is 1. The number of nitrogens with zero attached hydrogens (tertiary/aromatic N) is 1. The van der Waals surface area contributed by atoms with Crippen LogP contribution >= 0.6 is 0 Å². The van der Waals surface area contributed by atoms with Gasteiger partial charge in [0.2, 0.25) is 0 Å². The number of aryl methyl sites for hydroxylation is 1. The van der Waals surface area contributed by atoms with Gasteiger partial charge >= 0.3 is 0 Å². The number of pyridine rings is 1. The Kier molecular flexibility index (Phi) is 6.17. The summed E-state index contributed by atoms with van der Waals surface area (Å²) in [5, 5.41) is 3.11. The second-order valence-corrected chi connectivity index (χ2v) is 7.57.